The lowest BCUT2D eigenvalue weighted by Crippen LogP contribution is -2.48. The molecule has 2 aliphatic heterocycles. The van der Waals surface area contributed by atoms with Gasteiger partial charge in [-0.1, -0.05) is 34.6 Å². The number of nitrogens with two attached hydrogens (primary N) is 1. The van der Waals surface area contributed by atoms with Crippen LogP contribution in [0.1, 0.15) is 25.6 Å². The number of nitrogens with zero attached hydrogens (tertiary/aromatic N) is 11. The predicted octanol–water partition coefficient (Wildman–Crippen LogP) is 8.02. The number of esters is 1. The summed E-state index contributed by atoms with van der Waals surface area (Å²) < 4.78 is 25.0. The second kappa shape index (κ2) is 21.8. The molecule has 18 heteroatoms. The molecule has 0 aliphatic carbocycles. The zero-order chi connectivity index (χ0) is 48.4. The van der Waals surface area contributed by atoms with Crippen molar-refractivity contribution in [3.8, 4) is 33.6 Å². The maximum atomic E-state index is 11.7. The van der Waals surface area contributed by atoms with Gasteiger partial charge in [-0.05, 0) is 105 Å². The summed E-state index contributed by atoms with van der Waals surface area (Å²) in [4.78, 5) is 34.6. The number of carbonyl (C=O) groups is 1. The number of anilines is 2. The quantitative estimate of drug-likeness (QED) is 0.0415. The van der Waals surface area contributed by atoms with Gasteiger partial charge in [-0.3, -0.25) is 23.7 Å². The van der Waals surface area contributed by atoms with E-state index in [9.17, 15) is 4.79 Å². The predicted molar refractivity (Wildman–Crippen MR) is 268 cm³/mol. The molecule has 70 heavy (non-hydrogen) atoms. The van der Waals surface area contributed by atoms with Gasteiger partial charge in [0.25, 0.3) is 0 Å². The van der Waals surface area contributed by atoms with Crippen LogP contribution in [0.5, 0.6) is 0 Å². The third-order valence-corrected chi connectivity index (χ3v) is 12.2. The van der Waals surface area contributed by atoms with Crippen molar-refractivity contribution in [3.63, 3.8) is 0 Å². The van der Waals surface area contributed by atoms with Crippen molar-refractivity contribution in [2.45, 2.75) is 27.3 Å². The third-order valence-electron chi connectivity index (χ3n) is 12.2. The molecular formula is C52H56N12O6. The number of ether oxygens (including phenoxy) is 1. The minimum atomic E-state index is -0.147. The zero-order valence-corrected chi connectivity index (χ0v) is 39.5. The van der Waals surface area contributed by atoms with Gasteiger partial charge < -0.3 is 38.8 Å². The lowest BCUT2D eigenvalue weighted by atomic mass is 10.1. The van der Waals surface area contributed by atoms with Gasteiger partial charge >= 0.3 is 5.97 Å². The number of hydrogen-bond acceptors (Lipinski definition) is 15. The van der Waals surface area contributed by atoms with E-state index in [1.165, 1.54) is 18.3 Å². The van der Waals surface area contributed by atoms with E-state index in [4.69, 9.17) is 29.0 Å². The summed E-state index contributed by atoms with van der Waals surface area (Å²) in [6.07, 6.45) is 10.6. The van der Waals surface area contributed by atoms with Gasteiger partial charge in [-0.25, -0.2) is 9.97 Å². The van der Waals surface area contributed by atoms with Gasteiger partial charge in [0.15, 0.2) is 5.82 Å². The van der Waals surface area contributed by atoms with Crippen LogP contribution in [-0.2, 0) is 16.1 Å². The first-order chi connectivity index (χ1) is 34.2. The van der Waals surface area contributed by atoms with Crippen LogP contribution in [0.3, 0.4) is 0 Å². The van der Waals surface area contributed by atoms with Gasteiger partial charge in [0.2, 0.25) is 5.89 Å². The number of imidazole rings is 2. The van der Waals surface area contributed by atoms with Gasteiger partial charge in [-0.15, -0.1) is 0 Å². The van der Waals surface area contributed by atoms with Gasteiger partial charge in [0.05, 0.1) is 66.8 Å². The molecule has 9 aromatic rings. The second-order valence-electron chi connectivity index (χ2n) is 17.0. The minimum Gasteiger partial charge on any atom is -0.472 e. The van der Waals surface area contributed by atoms with Gasteiger partial charge in [-0.2, -0.15) is 4.98 Å². The van der Waals surface area contributed by atoms with E-state index in [0.717, 1.165) is 108 Å². The molecule has 4 aromatic carbocycles. The normalized spacial score (nSPS) is 14.6. The largest absolute Gasteiger partial charge is 0.472 e. The number of carbonyl (C=O) groups excluding carboxylic acids is 1. The second-order valence-corrected chi connectivity index (χ2v) is 17.0. The highest BCUT2D eigenvalue weighted by molar-refractivity contribution is 5.85. The number of oxime groups is 1. The Labute approximate surface area is 404 Å². The van der Waals surface area contributed by atoms with Crippen LogP contribution < -0.4 is 15.5 Å². The molecule has 0 spiro atoms. The van der Waals surface area contributed by atoms with Crippen molar-refractivity contribution < 1.29 is 28.1 Å². The van der Waals surface area contributed by atoms with Crippen molar-refractivity contribution in [2.75, 3.05) is 75.3 Å². The summed E-state index contributed by atoms with van der Waals surface area (Å²) in [6.45, 7) is 13.9. The number of hydrogen-bond donors (Lipinski definition) is 2. The van der Waals surface area contributed by atoms with E-state index in [1.54, 1.807) is 25.1 Å². The maximum Gasteiger partial charge on any atom is 0.320 e. The smallest absolute Gasteiger partial charge is 0.320 e. The van der Waals surface area contributed by atoms with Crippen molar-refractivity contribution >= 4 is 45.2 Å². The van der Waals surface area contributed by atoms with E-state index in [1.807, 2.05) is 38.6 Å². The summed E-state index contributed by atoms with van der Waals surface area (Å²) in [7, 11) is 0. The highest BCUT2D eigenvalue weighted by atomic mass is 16.5. The molecule has 0 radical (unpaired) electrons. The molecule has 0 amide bonds. The average Bonchev–Trinajstić information content (AvgIpc) is 4.27. The number of piperazine rings is 2. The fraction of sp³-hybridized carbons (Fsp3) is 0.269. The number of aryl methyl sites for hydroxylation is 1. The lowest BCUT2D eigenvalue weighted by molar-refractivity contribution is -0.144. The first-order valence-corrected chi connectivity index (χ1v) is 23.2. The van der Waals surface area contributed by atoms with Crippen molar-refractivity contribution in [3.05, 3.63) is 146 Å². The van der Waals surface area contributed by atoms with E-state index in [0.29, 0.717) is 31.4 Å². The highest BCUT2D eigenvalue weighted by Crippen LogP contribution is 2.30. The van der Waals surface area contributed by atoms with Crippen LogP contribution in [0.4, 0.5) is 11.4 Å². The number of aromatic nitrogens is 6. The van der Waals surface area contributed by atoms with Crippen LogP contribution in [0, 0.1) is 6.92 Å². The number of furan rings is 2. The Bertz CT molecular complexity index is 3140. The van der Waals surface area contributed by atoms with Crippen LogP contribution in [0.15, 0.2) is 153 Å². The molecule has 2 fully saturated rings. The fourth-order valence-corrected chi connectivity index (χ4v) is 8.65. The molecular weight excluding hydrogens is 889 g/mol. The number of amidine groups is 1. The van der Waals surface area contributed by atoms with Crippen LogP contribution in [0.25, 0.3) is 55.7 Å². The highest BCUT2D eigenvalue weighted by Gasteiger charge is 2.22. The maximum absolute atomic E-state index is 11.7. The Hall–Kier alpha value is -8.22. The Morgan fingerprint density at radius 1 is 0.686 bits per heavy atom. The summed E-state index contributed by atoms with van der Waals surface area (Å²) in [5, 5.41) is 14.1. The SMILES string of the molecule is C/C(N)=N/O.CCOC(=O)CN1CCN(c2cccc(-n3cnc4cc(-c5ccoc5)ccc43)c2)CC1.Cc1noc(CN2CCN(c3cccc(-n4cnc5cc(-c6ccoc6)ccc54)c3)CC2)n1. The van der Waals surface area contributed by atoms with Gasteiger partial charge in [0, 0.05) is 86.2 Å². The number of benzene rings is 4. The van der Waals surface area contributed by atoms with E-state index >= 15 is 0 Å². The molecule has 3 N–H and O–H groups in total. The van der Waals surface area contributed by atoms with Crippen LogP contribution >= 0.6 is 0 Å². The Morgan fingerprint density at radius 2 is 1.19 bits per heavy atom. The van der Waals surface area contributed by atoms with Crippen molar-refractivity contribution in [1.29, 1.82) is 0 Å². The third kappa shape index (κ3) is 11.2. The van der Waals surface area contributed by atoms with E-state index in [2.05, 4.69) is 139 Å². The Kier molecular flexibility index (Phi) is 14.6. The first-order valence-electron chi connectivity index (χ1n) is 23.2. The average molecular weight is 945 g/mol. The monoisotopic (exact) mass is 944 g/mol. The Morgan fingerprint density at radius 3 is 1.63 bits per heavy atom. The summed E-state index contributed by atoms with van der Waals surface area (Å²) in [6, 6.07) is 33.7. The first kappa shape index (κ1) is 46.9. The number of rotatable bonds is 11. The standard InChI is InChI=1S/C25H24N6O2.C25H26N4O3.C2H6N2O/c1-18-27-25(33-28-18)15-29-8-10-30(11-9-29)21-3-2-4-22(14-21)31-17-26-23-13-19(5-6-24(23)31)20-7-12-32-16-20;1-2-32-25(30)16-27-9-11-28(12-10-27)21-4-3-5-22(15-21)29-18-26-23-14-19(6-7-24(23)29)20-8-13-31-17-20;1-2(3)4-5/h2-7,12-14,16-17H,8-11,15H2,1H3;3-8,13-15,17-18H,2,9-12,16H2,1H3;5H,1H3,(H2,3,4). The summed E-state index contributed by atoms with van der Waals surface area (Å²) in [5.74, 6) is 1.41. The zero-order valence-electron chi connectivity index (χ0n) is 39.5. The molecule has 5 aromatic heterocycles. The van der Waals surface area contributed by atoms with Crippen molar-refractivity contribution in [2.24, 2.45) is 10.9 Å². The summed E-state index contributed by atoms with van der Waals surface area (Å²) >= 11 is 0. The van der Waals surface area contributed by atoms with Crippen LogP contribution in [-0.4, -0.2) is 122 Å². The molecule has 0 unspecified atom stereocenters. The topological polar surface area (TPSA) is 199 Å². The summed E-state index contributed by atoms with van der Waals surface area (Å²) in [5.41, 5.74) is 17.7. The van der Waals surface area contributed by atoms with Gasteiger partial charge in [0.1, 0.15) is 18.5 Å². The number of fused-ring (bicyclic) bond motifs is 2. The molecule has 2 aliphatic rings. The molecule has 360 valence electrons. The van der Waals surface area contributed by atoms with Crippen LogP contribution in [0.2, 0.25) is 0 Å². The molecule has 0 saturated carbocycles. The molecule has 0 atom stereocenters. The molecule has 11 rings (SSSR count). The molecule has 18 nitrogen and oxygen atoms in total. The molecule has 2 saturated heterocycles. The molecule has 7 heterocycles. The minimum absolute atomic E-state index is 0.147. The Balaban J connectivity index is 0.000000159. The van der Waals surface area contributed by atoms with E-state index < -0.39 is 0 Å². The lowest BCUT2D eigenvalue weighted by Gasteiger charge is -2.35. The molecule has 0 bridgehead atoms. The van der Waals surface area contributed by atoms with Crippen molar-refractivity contribution in [1.82, 2.24) is 39.0 Å². The fourth-order valence-electron chi connectivity index (χ4n) is 8.65. The van der Waals surface area contributed by atoms with E-state index in [-0.39, 0.29) is 11.8 Å².